The molecule has 4 rings (SSSR count). The number of nitrogens with one attached hydrogen (secondary N) is 2. The van der Waals surface area contributed by atoms with Crippen molar-refractivity contribution in [2.24, 2.45) is 10.2 Å². The minimum absolute atomic E-state index is 0.0768. The Balaban J connectivity index is 1.74. The van der Waals surface area contributed by atoms with Gasteiger partial charge in [-0.2, -0.15) is 0 Å². The Morgan fingerprint density at radius 1 is 0.794 bits per heavy atom. The first-order chi connectivity index (χ1) is 16.2. The molecule has 0 saturated heterocycles. The Bertz CT molecular complexity index is 1470. The first-order valence-electron chi connectivity index (χ1n) is 9.45. The Kier molecular flexibility index (Phi) is 6.26. The number of halogens is 4. The fourth-order valence-electron chi connectivity index (χ4n) is 3.02. The van der Waals surface area contributed by atoms with Gasteiger partial charge in [-0.1, -0.05) is 23.2 Å². The number of nitrogens with zero attached hydrogens (tertiary/aromatic N) is 4. The molecule has 34 heavy (non-hydrogen) atoms. The molecule has 4 aromatic rings. The molecule has 0 aliphatic rings. The molecule has 0 aliphatic carbocycles. The summed E-state index contributed by atoms with van der Waals surface area (Å²) in [5.41, 5.74) is -1.16. The monoisotopic (exact) mass is 510 g/mol. The Morgan fingerprint density at radius 3 is 1.53 bits per heavy atom. The van der Waals surface area contributed by atoms with Gasteiger partial charge in [0.1, 0.15) is 23.1 Å². The van der Waals surface area contributed by atoms with Gasteiger partial charge < -0.3 is 0 Å². The van der Waals surface area contributed by atoms with Gasteiger partial charge >= 0.3 is 22.6 Å². The van der Waals surface area contributed by atoms with Crippen molar-refractivity contribution in [2.45, 2.75) is 13.8 Å². The lowest BCUT2D eigenvalue weighted by Crippen LogP contribution is -2.41. The Hall–Kier alpha value is -3.90. The number of hydrogen-bond acceptors (Lipinski definition) is 6. The number of hydrogen-bond donors (Lipinski definition) is 2. The predicted octanol–water partition coefficient (Wildman–Crippen LogP) is 2.62. The molecule has 0 spiro atoms. The maximum absolute atomic E-state index is 13.9. The number of aromatic nitrogens is 4. The molecular formula is C20H14Cl2F2N6O4+2. The van der Waals surface area contributed by atoms with Crippen LogP contribution in [0.2, 0.25) is 10.0 Å². The maximum atomic E-state index is 13.9. The van der Waals surface area contributed by atoms with Crippen LogP contribution in [0.1, 0.15) is 25.2 Å². The molecule has 10 nitrogen and oxygen atoms in total. The van der Waals surface area contributed by atoms with Crippen LogP contribution >= 0.6 is 23.2 Å². The largest absolute Gasteiger partial charge is 0.437 e. The molecule has 0 radical (unpaired) electrons. The van der Waals surface area contributed by atoms with Crippen LogP contribution in [-0.2, 0) is 0 Å². The highest BCUT2D eigenvalue weighted by molar-refractivity contribution is 6.31. The van der Waals surface area contributed by atoms with Gasteiger partial charge in [0.2, 0.25) is 11.4 Å². The fourth-order valence-corrected chi connectivity index (χ4v) is 3.26. The van der Waals surface area contributed by atoms with Gasteiger partial charge in [-0.05, 0) is 45.9 Å². The number of H-pyrrole nitrogens is 2. The average Bonchev–Trinajstić information content (AvgIpc) is 3.38. The van der Waals surface area contributed by atoms with Gasteiger partial charge in [0.25, 0.3) is 0 Å². The SMILES string of the molecule is C/C(=N\N=C(/C)c1c(=O)o[nH][n+]1-c1ccc(Cl)c(F)c1)c1c(=O)o[nH][n+]1-c1ccc(Cl)c(F)c1. The highest BCUT2D eigenvalue weighted by Gasteiger charge is 2.29. The summed E-state index contributed by atoms with van der Waals surface area (Å²) >= 11 is 11.4. The predicted molar refractivity (Wildman–Crippen MR) is 116 cm³/mol. The van der Waals surface area contributed by atoms with Crippen molar-refractivity contribution >= 4 is 34.6 Å². The molecule has 2 heterocycles. The van der Waals surface area contributed by atoms with E-state index in [2.05, 4.69) is 20.7 Å². The molecule has 2 aromatic carbocycles. The lowest BCUT2D eigenvalue weighted by Gasteiger charge is -1.97. The summed E-state index contributed by atoms with van der Waals surface area (Å²) in [4.78, 5) is 24.5. The molecule has 2 N–H and O–H groups in total. The third kappa shape index (κ3) is 4.32. The molecule has 2 aromatic heterocycles. The number of rotatable bonds is 5. The molecule has 0 aliphatic heterocycles. The van der Waals surface area contributed by atoms with Crippen LogP contribution in [0.25, 0.3) is 11.4 Å². The van der Waals surface area contributed by atoms with Crippen LogP contribution in [0.3, 0.4) is 0 Å². The van der Waals surface area contributed by atoms with Gasteiger partial charge in [0.15, 0.2) is 0 Å². The minimum atomic E-state index is -0.794. The fraction of sp³-hybridized carbons (Fsp3) is 0.100. The van der Waals surface area contributed by atoms with Crippen molar-refractivity contribution in [3.05, 3.63) is 90.3 Å². The van der Waals surface area contributed by atoms with Crippen LogP contribution in [0.15, 0.2) is 65.2 Å². The van der Waals surface area contributed by atoms with Crippen LogP contribution < -0.4 is 20.6 Å². The molecule has 0 atom stereocenters. The van der Waals surface area contributed by atoms with E-state index < -0.39 is 22.9 Å². The Morgan fingerprint density at radius 2 is 1.18 bits per heavy atom. The van der Waals surface area contributed by atoms with Crippen molar-refractivity contribution in [1.82, 2.24) is 10.5 Å². The van der Waals surface area contributed by atoms with E-state index >= 15 is 0 Å². The highest BCUT2D eigenvalue weighted by atomic mass is 35.5. The molecule has 0 bridgehead atoms. The van der Waals surface area contributed by atoms with E-state index in [4.69, 9.17) is 32.2 Å². The minimum Gasteiger partial charge on any atom is -0.282 e. The van der Waals surface area contributed by atoms with Gasteiger partial charge in [-0.25, -0.2) is 18.4 Å². The van der Waals surface area contributed by atoms with Crippen LogP contribution in [0.4, 0.5) is 8.78 Å². The molecule has 174 valence electrons. The molecular weight excluding hydrogens is 497 g/mol. The third-order valence-corrected chi connectivity index (χ3v) is 5.26. The summed E-state index contributed by atoms with van der Waals surface area (Å²) in [5.74, 6) is -1.41. The van der Waals surface area contributed by atoms with E-state index in [1.165, 1.54) is 38.1 Å². The van der Waals surface area contributed by atoms with Crippen molar-refractivity contribution in [1.29, 1.82) is 0 Å². The zero-order valence-electron chi connectivity index (χ0n) is 17.4. The highest BCUT2D eigenvalue weighted by Crippen LogP contribution is 2.16. The van der Waals surface area contributed by atoms with Crippen LogP contribution in [0, 0.1) is 11.6 Å². The smallest absolute Gasteiger partial charge is 0.282 e. The van der Waals surface area contributed by atoms with E-state index in [0.717, 1.165) is 21.5 Å². The standard InChI is InChI=1S/C20H13Cl2F2N6O4/c1-9(17-19(31)33-27-29(17)11-3-5-13(21)15(23)7-11)25-26-10(2)18-20(32)34-28-30(18)12-4-6-14(22)16(24)8-12/h3-8,27H,1-2H3/q+1/p+1. The van der Waals surface area contributed by atoms with Gasteiger partial charge in [0, 0.05) is 12.1 Å². The lowest BCUT2D eigenvalue weighted by molar-refractivity contribution is -0.671. The van der Waals surface area contributed by atoms with Crippen LogP contribution in [-0.4, -0.2) is 22.0 Å². The topological polar surface area (TPSA) is 124 Å². The van der Waals surface area contributed by atoms with Gasteiger partial charge in [0.05, 0.1) is 22.2 Å². The molecule has 0 saturated carbocycles. The summed E-state index contributed by atoms with van der Waals surface area (Å²) < 4.78 is 39.7. The van der Waals surface area contributed by atoms with E-state index in [0.29, 0.717) is 0 Å². The first kappa shape index (κ1) is 23.3. The van der Waals surface area contributed by atoms with Crippen molar-refractivity contribution in [2.75, 3.05) is 0 Å². The van der Waals surface area contributed by atoms with E-state index in [-0.39, 0.29) is 44.2 Å². The molecule has 14 heteroatoms. The Labute approximate surface area is 198 Å². The quantitative estimate of drug-likeness (QED) is 0.243. The zero-order valence-corrected chi connectivity index (χ0v) is 18.9. The summed E-state index contributed by atoms with van der Waals surface area (Å²) in [6, 6.07) is 7.73. The number of benzene rings is 2. The third-order valence-electron chi connectivity index (χ3n) is 4.65. The molecule has 0 amide bonds. The summed E-state index contributed by atoms with van der Waals surface area (Å²) in [6.45, 7) is 2.92. The van der Waals surface area contributed by atoms with Crippen molar-refractivity contribution < 1.29 is 27.2 Å². The van der Waals surface area contributed by atoms with Gasteiger partial charge in [-0.3, -0.25) is 9.05 Å². The van der Waals surface area contributed by atoms with E-state index in [1.54, 1.807) is 0 Å². The second-order valence-electron chi connectivity index (χ2n) is 6.90. The first-order valence-corrected chi connectivity index (χ1v) is 10.2. The van der Waals surface area contributed by atoms with Crippen molar-refractivity contribution in [3.8, 4) is 11.4 Å². The summed E-state index contributed by atoms with van der Waals surface area (Å²) in [5, 5.41) is 12.5. The summed E-state index contributed by atoms with van der Waals surface area (Å²) in [7, 11) is 0. The second-order valence-corrected chi connectivity index (χ2v) is 7.71. The second kappa shape index (κ2) is 9.15. The van der Waals surface area contributed by atoms with E-state index in [9.17, 15) is 18.4 Å². The molecule has 0 unspecified atom stereocenters. The van der Waals surface area contributed by atoms with Crippen molar-refractivity contribution in [3.63, 3.8) is 0 Å². The lowest BCUT2D eigenvalue weighted by atomic mass is 10.2. The maximum Gasteiger partial charge on any atom is 0.437 e. The summed E-state index contributed by atoms with van der Waals surface area (Å²) in [6.07, 6.45) is 0. The van der Waals surface area contributed by atoms with Gasteiger partial charge in [-0.15, -0.1) is 10.2 Å². The average molecular weight is 511 g/mol. The zero-order chi connectivity index (χ0) is 24.6. The molecule has 0 fully saturated rings. The van der Waals surface area contributed by atoms with E-state index in [1.807, 2.05) is 0 Å². The normalized spacial score (nSPS) is 12.4. The van der Waals surface area contributed by atoms with Crippen LogP contribution in [0.5, 0.6) is 0 Å². The number of aromatic amines is 2.